The van der Waals surface area contributed by atoms with Crippen molar-refractivity contribution in [1.29, 1.82) is 0 Å². The first kappa shape index (κ1) is 10.3. The fourth-order valence-corrected chi connectivity index (χ4v) is 2.86. The van der Waals surface area contributed by atoms with E-state index in [2.05, 4.69) is 4.99 Å². The lowest BCUT2D eigenvalue weighted by Gasteiger charge is -1.93. The molecule has 0 radical (unpaired) electrons. The Kier molecular flexibility index (Phi) is 2.33. The molecule has 0 aliphatic carbocycles. The van der Waals surface area contributed by atoms with Gasteiger partial charge in [0.05, 0.1) is 11.1 Å². The van der Waals surface area contributed by atoms with E-state index in [1.165, 1.54) is 11.3 Å². The molecule has 0 fully saturated rings. The van der Waals surface area contributed by atoms with Gasteiger partial charge >= 0.3 is 0 Å². The van der Waals surface area contributed by atoms with Crippen molar-refractivity contribution in [1.82, 2.24) is 4.57 Å². The number of nitrogens with zero attached hydrogens (tertiary/aromatic N) is 2. The molecule has 1 aliphatic heterocycles. The molecular formula is C12H10N2O2S. The van der Waals surface area contributed by atoms with Crippen LogP contribution in [0.1, 0.15) is 5.56 Å². The molecule has 1 aliphatic rings. The van der Waals surface area contributed by atoms with Crippen LogP contribution in [0.5, 0.6) is 5.75 Å². The van der Waals surface area contributed by atoms with Crippen molar-refractivity contribution < 1.29 is 5.11 Å². The summed E-state index contributed by atoms with van der Waals surface area (Å²) in [5.74, 6) is 0.202. The first-order chi connectivity index (χ1) is 8.24. The van der Waals surface area contributed by atoms with Crippen molar-refractivity contribution in [2.75, 3.05) is 6.54 Å². The summed E-state index contributed by atoms with van der Waals surface area (Å²) in [6, 6.07) is 6.84. The third-order valence-corrected chi connectivity index (χ3v) is 3.67. The second kappa shape index (κ2) is 3.85. The number of aromatic hydroxyl groups is 1. The van der Waals surface area contributed by atoms with Gasteiger partial charge in [-0.2, -0.15) is 0 Å². The minimum atomic E-state index is 0.00888. The van der Waals surface area contributed by atoms with Gasteiger partial charge in [0, 0.05) is 6.54 Å². The topological polar surface area (TPSA) is 54.6 Å². The van der Waals surface area contributed by atoms with Crippen molar-refractivity contribution in [3.05, 3.63) is 49.5 Å². The summed E-state index contributed by atoms with van der Waals surface area (Å²) in [4.78, 5) is 17.0. The molecular weight excluding hydrogens is 236 g/mol. The molecule has 0 amide bonds. The molecule has 1 N–H and O–H groups in total. The van der Waals surface area contributed by atoms with Gasteiger partial charge in [-0.1, -0.05) is 23.5 Å². The molecule has 17 heavy (non-hydrogen) atoms. The molecule has 3 rings (SSSR count). The lowest BCUT2D eigenvalue weighted by Crippen LogP contribution is -2.29. The van der Waals surface area contributed by atoms with E-state index >= 15 is 0 Å². The number of benzene rings is 1. The van der Waals surface area contributed by atoms with Gasteiger partial charge in [0.1, 0.15) is 5.75 Å². The average Bonchev–Trinajstić information content (AvgIpc) is 2.84. The molecule has 0 unspecified atom stereocenters. The third-order valence-electron chi connectivity index (χ3n) is 2.63. The van der Waals surface area contributed by atoms with Crippen LogP contribution in [-0.4, -0.2) is 16.2 Å². The second-order valence-corrected chi connectivity index (χ2v) is 4.84. The molecule has 2 heterocycles. The fraction of sp³-hybridized carbons (Fsp3) is 0.167. The molecule has 2 aromatic rings. The van der Waals surface area contributed by atoms with Crippen molar-refractivity contribution in [2.24, 2.45) is 4.99 Å². The number of fused-ring (bicyclic) bond motifs is 1. The van der Waals surface area contributed by atoms with E-state index in [1.807, 2.05) is 6.07 Å². The van der Waals surface area contributed by atoms with E-state index in [9.17, 15) is 9.90 Å². The monoisotopic (exact) mass is 246 g/mol. The van der Waals surface area contributed by atoms with E-state index in [0.717, 1.165) is 10.4 Å². The summed E-state index contributed by atoms with van der Waals surface area (Å²) >= 11 is 1.40. The molecule has 0 saturated heterocycles. The zero-order valence-corrected chi connectivity index (χ0v) is 9.78. The highest BCUT2D eigenvalue weighted by Crippen LogP contribution is 2.10. The average molecular weight is 246 g/mol. The Labute approximate surface area is 101 Å². The molecule has 86 valence electrons. The van der Waals surface area contributed by atoms with Gasteiger partial charge < -0.3 is 5.11 Å². The summed E-state index contributed by atoms with van der Waals surface area (Å²) in [6.07, 6.45) is 1.79. The van der Waals surface area contributed by atoms with E-state index in [-0.39, 0.29) is 11.3 Å². The molecule has 0 spiro atoms. The lowest BCUT2D eigenvalue weighted by atomic mass is 10.2. The van der Waals surface area contributed by atoms with Gasteiger partial charge in [0.25, 0.3) is 5.56 Å². The number of phenolic OH excluding ortho intramolecular Hbond substituents is 1. The zero-order valence-electron chi connectivity index (χ0n) is 8.96. The van der Waals surface area contributed by atoms with Crippen LogP contribution in [-0.2, 0) is 6.54 Å². The Balaban J connectivity index is 2.20. The molecule has 4 nitrogen and oxygen atoms in total. The van der Waals surface area contributed by atoms with Crippen LogP contribution in [0.4, 0.5) is 0 Å². The highest BCUT2D eigenvalue weighted by Gasteiger charge is 2.09. The summed E-state index contributed by atoms with van der Waals surface area (Å²) in [5, 5.41) is 9.36. The SMILES string of the molecule is O=c1c(=Cc2cccc(O)c2)sc2n1CCN=2. The van der Waals surface area contributed by atoms with Crippen LogP contribution in [0, 0.1) is 0 Å². The van der Waals surface area contributed by atoms with Crippen molar-refractivity contribution in [2.45, 2.75) is 6.54 Å². The molecule has 0 bridgehead atoms. The van der Waals surface area contributed by atoms with Crippen molar-refractivity contribution in [3.8, 4) is 5.75 Å². The number of rotatable bonds is 1. The predicted octanol–water partition coefficient (Wildman–Crippen LogP) is 0.0774. The highest BCUT2D eigenvalue weighted by atomic mass is 32.1. The minimum Gasteiger partial charge on any atom is -0.508 e. The Morgan fingerprint density at radius 3 is 3.12 bits per heavy atom. The zero-order chi connectivity index (χ0) is 11.8. The van der Waals surface area contributed by atoms with E-state index < -0.39 is 0 Å². The number of thiazole rings is 1. The molecule has 1 aromatic heterocycles. The third kappa shape index (κ3) is 1.78. The predicted molar refractivity (Wildman–Crippen MR) is 65.9 cm³/mol. The lowest BCUT2D eigenvalue weighted by molar-refractivity contribution is 0.475. The Hall–Kier alpha value is -1.88. The summed E-state index contributed by atoms with van der Waals surface area (Å²) in [7, 11) is 0. The standard InChI is InChI=1S/C12H10N2O2S/c15-9-3-1-2-8(6-9)7-10-11(16)14-5-4-13-12(14)17-10/h1-3,6-7,15H,4-5H2. The molecule has 5 heteroatoms. The van der Waals surface area contributed by atoms with Crippen LogP contribution in [0.3, 0.4) is 0 Å². The van der Waals surface area contributed by atoms with Crippen LogP contribution < -0.4 is 14.9 Å². The van der Waals surface area contributed by atoms with Crippen LogP contribution in [0.25, 0.3) is 6.08 Å². The largest absolute Gasteiger partial charge is 0.508 e. The summed E-state index contributed by atoms with van der Waals surface area (Å²) in [6.45, 7) is 1.38. The maximum absolute atomic E-state index is 12.0. The number of hydrogen-bond donors (Lipinski definition) is 1. The Morgan fingerprint density at radius 1 is 1.47 bits per heavy atom. The van der Waals surface area contributed by atoms with Crippen LogP contribution >= 0.6 is 11.3 Å². The minimum absolute atomic E-state index is 0.00888. The fourth-order valence-electron chi connectivity index (χ4n) is 1.83. The van der Waals surface area contributed by atoms with E-state index in [1.54, 1.807) is 28.8 Å². The molecule has 0 saturated carbocycles. The molecule has 1 aromatic carbocycles. The Bertz CT molecular complexity index is 743. The molecule has 0 atom stereocenters. The smallest absolute Gasteiger partial charge is 0.270 e. The maximum Gasteiger partial charge on any atom is 0.270 e. The van der Waals surface area contributed by atoms with Crippen LogP contribution in [0.15, 0.2) is 34.1 Å². The van der Waals surface area contributed by atoms with Gasteiger partial charge in [-0.05, 0) is 23.8 Å². The second-order valence-electron chi connectivity index (χ2n) is 3.83. The van der Waals surface area contributed by atoms with Gasteiger partial charge in [0.2, 0.25) is 0 Å². The summed E-state index contributed by atoms with van der Waals surface area (Å²) < 4.78 is 2.35. The number of aromatic nitrogens is 1. The van der Waals surface area contributed by atoms with Crippen molar-refractivity contribution in [3.63, 3.8) is 0 Å². The first-order valence-electron chi connectivity index (χ1n) is 5.29. The van der Waals surface area contributed by atoms with Gasteiger partial charge in [0.15, 0.2) is 4.80 Å². The number of hydrogen-bond acceptors (Lipinski definition) is 4. The van der Waals surface area contributed by atoms with Crippen molar-refractivity contribution >= 4 is 17.4 Å². The van der Waals surface area contributed by atoms with Gasteiger partial charge in [-0.25, -0.2) is 0 Å². The highest BCUT2D eigenvalue weighted by molar-refractivity contribution is 7.07. The normalized spacial score (nSPS) is 14.7. The Morgan fingerprint density at radius 2 is 2.35 bits per heavy atom. The van der Waals surface area contributed by atoms with E-state index in [4.69, 9.17) is 0 Å². The first-order valence-corrected chi connectivity index (χ1v) is 6.10. The number of phenols is 1. The van der Waals surface area contributed by atoms with Gasteiger partial charge in [-0.15, -0.1) is 0 Å². The van der Waals surface area contributed by atoms with E-state index in [0.29, 0.717) is 17.6 Å². The quantitative estimate of drug-likeness (QED) is 0.774. The maximum atomic E-state index is 12.0. The van der Waals surface area contributed by atoms with Gasteiger partial charge in [-0.3, -0.25) is 14.4 Å². The van der Waals surface area contributed by atoms with Crippen LogP contribution in [0.2, 0.25) is 0 Å². The summed E-state index contributed by atoms with van der Waals surface area (Å²) in [5.41, 5.74) is 0.831.